The van der Waals surface area contributed by atoms with E-state index < -0.39 is 5.72 Å². The van der Waals surface area contributed by atoms with E-state index in [1.807, 2.05) is 24.3 Å². The van der Waals surface area contributed by atoms with Crippen LogP contribution in [0.2, 0.25) is 5.02 Å². The Morgan fingerprint density at radius 3 is 2.50 bits per heavy atom. The molecule has 2 rings (SSSR count). The number of rotatable bonds is 1. The Morgan fingerprint density at radius 1 is 1.21 bits per heavy atom. The van der Waals surface area contributed by atoms with Crippen molar-refractivity contribution in [3.8, 4) is 0 Å². The summed E-state index contributed by atoms with van der Waals surface area (Å²) in [6.07, 6.45) is 2.97. The van der Waals surface area contributed by atoms with E-state index in [-0.39, 0.29) is 0 Å². The molecule has 2 nitrogen and oxygen atoms in total. The molecule has 1 unspecified atom stereocenters. The SMILES string of the molecule is OC1(c2ccc(Cl)cc2)CCCCN1. The lowest BCUT2D eigenvalue weighted by Gasteiger charge is -2.33. The van der Waals surface area contributed by atoms with Crippen molar-refractivity contribution in [1.82, 2.24) is 5.32 Å². The average molecular weight is 212 g/mol. The van der Waals surface area contributed by atoms with Gasteiger partial charge in [0.1, 0.15) is 5.72 Å². The van der Waals surface area contributed by atoms with Crippen LogP contribution in [0.15, 0.2) is 24.3 Å². The van der Waals surface area contributed by atoms with Gasteiger partial charge in [-0.15, -0.1) is 0 Å². The lowest BCUT2D eigenvalue weighted by molar-refractivity contribution is -0.0240. The number of aliphatic hydroxyl groups is 1. The van der Waals surface area contributed by atoms with E-state index in [4.69, 9.17) is 11.6 Å². The molecule has 0 saturated carbocycles. The standard InChI is InChI=1S/C11H14ClNO/c12-10-5-3-9(4-6-10)11(14)7-1-2-8-13-11/h3-6,13-14H,1-2,7-8H2. The minimum Gasteiger partial charge on any atom is -0.372 e. The molecule has 0 spiro atoms. The highest BCUT2D eigenvalue weighted by Crippen LogP contribution is 2.28. The van der Waals surface area contributed by atoms with Gasteiger partial charge in [0.25, 0.3) is 0 Å². The maximum Gasteiger partial charge on any atom is 0.142 e. The highest BCUT2D eigenvalue weighted by Gasteiger charge is 2.30. The molecule has 14 heavy (non-hydrogen) atoms. The van der Waals surface area contributed by atoms with Gasteiger partial charge in [0.05, 0.1) is 0 Å². The Balaban J connectivity index is 2.23. The van der Waals surface area contributed by atoms with E-state index in [1.54, 1.807) is 0 Å². The molecule has 1 aliphatic rings. The minimum absolute atomic E-state index is 0.702. The fourth-order valence-corrected chi connectivity index (χ4v) is 1.99. The van der Waals surface area contributed by atoms with E-state index in [0.29, 0.717) is 5.02 Å². The Labute approximate surface area is 88.9 Å². The van der Waals surface area contributed by atoms with E-state index in [0.717, 1.165) is 31.4 Å². The Kier molecular flexibility index (Phi) is 2.77. The smallest absolute Gasteiger partial charge is 0.142 e. The summed E-state index contributed by atoms with van der Waals surface area (Å²) in [6.45, 7) is 0.874. The predicted octanol–water partition coefficient (Wildman–Crippen LogP) is 2.26. The molecule has 0 aromatic heterocycles. The van der Waals surface area contributed by atoms with Crippen molar-refractivity contribution in [3.05, 3.63) is 34.9 Å². The third kappa shape index (κ3) is 1.92. The molecule has 1 saturated heterocycles. The van der Waals surface area contributed by atoms with Crippen molar-refractivity contribution in [2.75, 3.05) is 6.54 Å². The molecular weight excluding hydrogens is 198 g/mol. The molecule has 1 aromatic carbocycles. The van der Waals surface area contributed by atoms with Crippen LogP contribution in [0.1, 0.15) is 24.8 Å². The molecule has 76 valence electrons. The molecule has 1 aromatic rings. The van der Waals surface area contributed by atoms with Crippen molar-refractivity contribution in [2.45, 2.75) is 25.0 Å². The van der Waals surface area contributed by atoms with Gasteiger partial charge >= 0.3 is 0 Å². The van der Waals surface area contributed by atoms with Crippen LogP contribution in [-0.2, 0) is 5.72 Å². The van der Waals surface area contributed by atoms with Gasteiger partial charge in [0, 0.05) is 5.02 Å². The summed E-state index contributed by atoms with van der Waals surface area (Å²) >= 11 is 5.79. The molecule has 1 aliphatic heterocycles. The predicted molar refractivity (Wildman–Crippen MR) is 57.2 cm³/mol. The Morgan fingerprint density at radius 2 is 1.93 bits per heavy atom. The summed E-state index contributed by atoms with van der Waals surface area (Å²) in [5, 5.41) is 14.1. The molecular formula is C11H14ClNO. The zero-order chi connectivity index (χ0) is 10.0. The highest BCUT2D eigenvalue weighted by atomic mass is 35.5. The van der Waals surface area contributed by atoms with Crippen molar-refractivity contribution in [3.63, 3.8) is 0 Å². The zero-order valence-corrected chi connectivity index (χ0v) is 8.72. The maximum absolute atomic E-state index is 10.3. The van der Waals surface area contributed by atoms with Crippen molar-refractivity contribution in [2.24, 2.45) is 0 Å². The van der Waals surface area contributed by atoms with Gasteiger partial charge in [-0.3, -0.25) is 5.32 Å². The third-order valence-corrected chi connectivity index (χ3v) is 2.96. The summed E-state index contributed by atoms with van der Waals surface area (Å²) in [7, 11) is 0. The molecule has 0 amide bonds. The van der Waals surface area contributed by atoms with Gasteiger partial charge in [0.15, 0.2) is 0 Å². The molecule has 0 aliphatic carbocycles. The van der Waals surface area contributed by atoms with Crippen LogP contribution in [-0.4, -0.2) is 11.7 Å². The summed E-state index contributed by atoms with van der Waals surface area (Å²) in [6, 6.07) is 7.37. The van der Waals surface area contributed by atoms with Gasteiger partial charge in [-0.25, -0.2) is 0 Å². The molecule has 1 heterocycles. The zero-order valence-electron chi connectivity index (χ0n) is 7.96. The Bertz CT molecular complexity index is 304. The molecule has 1 fully saturated rings. The fraction of sp³-hybridized carbons (Fsp3) is 0.455. The quantitative estimate of drug-likeness (QED) is 0.747. The molecule has 0 radical (unpaired) electrons. The first-order valence-corrected chi connectivity index (χ1v) is 5.32. The topological polar surface area (TPSA) is 32.3 Å². The molecule has 3 heteroatoms. The van der Waals surface area contributed by atoms with Gasteiger partial charge in [-0.1, -0.05) is 23.7 Å². The monoisotopic (exact) mass is 211 g/mol. The summed E-state index contributed by atoms with van der Waals surface area (Å²) in [5.41, 5.74) is 0.0599. The first kappa shape index (κ1) is 9.97. The second-order valence-corrected chi connectivity index (χ2v) is 4.19. The van der Waals surface area contributed by atoms with Crippen LogP contribution in [0.4, 0.5) is 0 Å². The molecule has 0 bridgehead atoms. The van der Waals surface area contributed by atoms with Crippen LogP contribution < -0.4 is 5.32 Å². The van der Waals surface area contributed by atoms with Gasteiger partial charge in [-0.05, 0) is 43.5 Å². The average Bonchev–Trinajstić information content (AvgIpc) is 2.19. The fourth-order valence-electron chi connectivity index (χ4n) is 1.86. The van der Waals surface area contributed by atoms with Crippen LogP contribution >= 0.6 is 11.6 Å². The van der Waals surface area contributed by atoms with Crippen molar-refractivity contribution < 1.29 is 5.11 Å². The number of nitrogens with one attached hydrogen (secondary N) is 1. The van der Waals surface area contributed by atoms with E-state index in [2.05, 4.69) is 5.32 Å². The van der Waals surface area contributed by atoms with Gasteiger partial charge < -0.3 is 5.11 Å². The number of benzene rings is 1. The molecule has 1 atom stereocenters. The second kappa shape index (κ2) is 3.89. The van der Waals surface area contributed by atoms with E-state index in [9.17, 15) is 5.11 Å². The summed E-state index contributed by atoms with van der Waals surface area (Å²) in [5.74, 6) is 0. The van der Waals surface area contributed by atoms with Crippen molar-refractivity contribution >= 4 is 11.6 Å². The van der Waals surface area contributed by atoms with Crippen LogP contribution in [0.25, 0.3) is 0 Å². The van der Waals surface area contributed by atoms with E-state index in [1.165, 1.54) is 0 Å². The largest absolute Gasteiger partial charge is 0.372 e. The second-order valence-electron chi connectivity index (χ2n) is 3.75. The number of hydrogen-bond donors (Lipinski definition) is 2. The van der Waals surface area contributed by atoms with Crippen molar-refractivity contribution in [1.29, 1.82) is 0 Å². The highest BCUT2D eigenvalue weighted by molar-refractivity contribution is 6.30. The Hall–Kier alpha value is -0.570. The van der Waals surface area contributed by atoms with Gasteiger partial charge in [0.2, 0.25) is 0 Å². The summed E-state index contributed by atoms with van der Waals surface area (Å²) < 4.78 is 0. The number of halogens is 1. The number of hydrogen-bond acceptors (Lipinski definition) is 2. The van der Waals surface area contributed by atoms with Crippen LogP contribution in [0.3, 0.4) is 0 Å². The van der Waals surface area contributed by atoms with E-state index >= 15 is 0 Å². The first-order valence-electron chi connectivity index (χ1n) is 4.94. The summed E-state index contributed by atoms with van der Waals surface area (Å²) in [4.78, 5) is 0. The molecule has 2 N–H and O–H groups in total. The maximum atomic E-state index is 10.3. The minimum atomic E-state index is -0.844. The lowest BCUT2D eigenvalue weighted by atomic mass is 9.93. The van der Waals surface area contributed by atoms with Gasteiger partial charge in [-0.2, -0.15) is 0 Å². The normalized spacial score (nSPS) is 27.6. The van der Waals surface area contributed by atoms with Crippen LogP contribution in [0.5, 0.6) is 0 Å². The third-order valence-electron chi connectivity index (χ3n) is 2.70. The number of piperidine rings is 1. The lowest BCUT2D eigenvalue weighted by Crippen LogP contribution is -2.45. The van der Waals surface area contributed by atoms with Crippen LogP contribution in [0, 0.1) is 0 Å². The first-order chi connectivity index (χ1) is 6.71.